The van der Waals surface area contributed by atoms with Crippen molar-refractivity contribution >= 4 is 37.8 Å². The molecule has 1 saturated heterocycles. The van der Waals surface area contributed by atoms with Crippen molar-refractivity contribution in [3.63, 3.8) is 0 Å². The van der Waals surface area contributed by atoms with Crippen LogP contribution in [0.3, 0.4) is 0 Å². The molecule has 1 amide bonds. The molecule has 0 aromatic carbocycles. The fraction of sp³-hybridized carbons (Fsp3) is 0.875. The monoisotopic (exact) mass is 312 g/mol. The zero-order chi connectivity index (χ0) is 10.1. The third-order valence-electron chi connectivity index (χ3n) is 2.56. The quantitative estimate of drug-likeness (QED) is 0.781. The molecular formula is C8H14Br2N2O. The second-order valence-electron chi connectivity index (χ2n) is 3.56. The Morgan fingerprint density at radius 3 is 2.31 bits per heavy atom. The van der Waals surface area contributed by atoms with Crippen LogP contribution in [0.25, 0.3) is 0 Å². The van der Waals surface area contributed by atoms with Crippen LogP contribution in [0.15, 0.2) is 0 Å². The molecule has 13 heavy (non-hydrogen) atoms. The fourth-order valence-electron chi connectivity index (χ4n) is 1.57. The molecule has 1 aliphatic heterocycles. The van der Waals surface area contributed by atoms with E-state index in [0.717, 1.165) is 25.9 Å². The van der Waals surface area contributed by atoms with Gasteiger partial charge in [0.25, 0.3) is 0 Å². The van der Waals surface area contributed by atoms with Crippen molar-refractivity contribution in [3.05, 3.63) is 0 Å². The Morgan fingerprint density at radius 2 is 1.92 bits per heavy atom. The predicted molar refractivity (Wildman–Crippen MR) is 60.0 cm³/mol. The van der Waals surface area contributed by atoms with E-state index >= 15 is 0 Å². The molecule has 0 radical (unpaired) electrons. The van der Waals surface area contributed by atoms with Gasteiger partial charge in [0.15, 0.2) is 3.23 Å². The van der Waals surface area contributed by atoms with Gasteiger partial charge < -0.3 is 10.6 Å². The van der Waals surface area contributed by atoms with Gasteiger partial charge in [-0.1, -0.05) is 31.9 Å². The van der Waals surface area contributed by atoms with E-state index in [-0.39, 0.29) is 5.91 Å². The lowest BCUT2D eigenvalue weighted by molar-refractivity contribution is -0.119. The van der Waals surface area contributed by atoms with Crippen LogP contribution < -0.4 is 5.73 Å². The summed E-state index contributed by atoms with van der Waals surface area (Å²) in [5, 5.41) is 0. The molecule has 0 aromatic heterocycles. The zero-order valence-electron chi connectivity index (χ0n) is 7.59. The Morgan fingerprint density at radius 1 is 1.46 bits per heavy atom. The lowest BCUT2D eigenvalue weighted by atomic mass is 9.93. The molecule has 0 spiro atoms. The van der Waals surface area contributed by atoms with Gasteiger partial charge in [-0.25, -0.2) is 0 Å². The molecule has 3 nitrogen and oxygen atoms in total. The number of primary amides is 1. The minimum Gasteiger partial charge on any atom is -0.368 e. The molecule has 1 aliphatic rings. The van der Waals surface area contributed by atoms with Crippen molar-refractivity contribution in [1.29, 1.82) is 0 Å². The van der Waals surface area contributed by atoms with Gasteiger partial charge in [-0.15, -0.1) is 0 Å². The van der Waals surface area contributed by atoms with E-state index in [1.54, 1.807) is 0 Å². The number of likely N-dealkylation sites (tertiary alicyclic amines) is 1. The topological polar surface area (TPSA) is 46.3 Å². The average molecular weight is 314 g/mol. The first-order chi connectivity index (χ1) is 5.94. The number of rotatable bonds is 2. The first kappa shape index (κ1) is 11.5. The summed E-state index contributed by atoms with van der Waals surface area (Å²) in [4.78, 5) is 13.4. The number of nitrogens with zero attached hydrogens (tertiary/aromatic N) is 1. The summed E-state index contributed by atoms with van der Waals surface area (Å²) in [7, 11) is 2.09. The molecule has 1 fully saturated rings. The van der Waals surface area contributed by atoms with Crippen LogP contribution >= 0.6 is 31.9 Å². The number of carbonyl (C=O) groups excluding carboxylic acids is 1. The Bertz CT molecular complexity index is 200. The summed E-state index contributed by atoms with van der Waals surface area (Å²) < 4.78 is -0.707. The first-order valence-corrected chi connectivity index (χ1v) is 5.89. The van der Waals surface area contributed by atoms with Crippen LogP contribution in [-0.2, 0) is 4.79 Å². The standard InChI is InChI=1S/C8H14Br2N2O/c1-12-4-2-6(3-5-12)8(9,10)7(11)13/h6H,2-5H2,1H3,(H2,11,13). The second kappa shape index (κ2) is 4.28. The lowest BCUT2D eigenvalue weighted by Gasteiger charge is -2.34. The Kier molecular flexibility index (Phi) is 3.77. The molecule has 0 aromatic rings. The minimum absolute atomic E-state index is 0.293. The fourth-order valence-corrected chi connectivity index (χ4v) is 2.49. The van der Waals surface area contributed by atoms with Crippen molar-refractivity contribution in [1.82, 2.24) is 4.90 Å². The molecule has 5 heteroatoms. The van der Waals surface area contributed by atoms with Crippen LogP contribution in [0.1, 0.15) is 12.8 Å². The summed E-state index contributed by atoms with van der Waals surface area (Å²) >= 11 is 6.70. The summed E-state index contributed by atoms with van der Waals surface area (Å²) in [5.74, 6) is -0.0387. The van der Waals surface area contributed by atoms with Gasteiger partial charge in [0.2, 0.25) is 5.91 Å². The molecule has 0 saturated carbocycles. The highest BCUT2D eigenvalue weighted by Gasteiger charge is 2.40. The summed E-state index contributed by atoms with van der Waals surface area (Å²) in [6.45, 7) is 2.05. The van der Waals surface area contributed by atoms with Gasteiger partial charge in [-0.05, 0) is 38.9 Å². The number of halogens is 2. The SMILES string of the molecule is CN1CCC(C(Br)(Br)C(N)=O)CC1. The summed E-state index contributed by atoms with van der Waals surface area (Å²) in [6, 6.07) is 0. The van der Waals surface area contributed by atoms with Crippen LogP contribution in [-0.4, -0.2) is 34.2 Å². The van der Waals surface area contributed by atoms with Gasteiger partial charge in [-0.2, -0.15) is 0 Å². The van der Waals surface area contributed by atoms with E-state index in [4.69, 9.17) is 5.73 Å². The molecule has 0 unspecified atom stereocenters. The first-order valence-electron chi connectivity index (χ1n) is 4.31. The molecular weight excluding hydrogens is 300 g/mol. The second-order valence-corrected chi connectivity index (χ2v) is 7.13. The smallest absolute Gasteiger partial charge is 0.245 e. The van der Waals surface area contributed by atoms with Gasteiger partial charge >= 0.3 is 0 Å². The van der Waals surface area contributed by atoms with Gasteiger partial charge in [0.05, 0.1) is 0 Å². The third-order valence-corrected chi connectivity index (χ3v) is 4.64. The number of amides is 1. The molecule has 76 valence electrons. The van der Waals surface area contributed by atoms with E-state index in [2.05, 4.69) is 43.8 Å². The lowest BCUT2D eigenvalue weighted by Crippen LogP contribution is -2.44. The summed E-state index contributed by atoms with van der Waals surface area (Å²) in [6.07, 6.45) is 1.99. The average Bonchev–Trinajstić information content (AvgIpc) is 2.04. The number of nitrogens with two attached hydrogens (primary N) is 1. The number of hydrogen-bond acceptors (Lipinski definition) is 2. The van der Waals surface area contributed by atoms with Crippen molar-refractivity contribution in [3.8, 4) is 0 Å². The molecule has 0 aliphatic carbocycles. The van der Waals surface area contributed by atoms with Gasteiger partial charge in [0, 0.05) is 0 Å². The van der Waals surface area contributed by atoms with Crippen molar-refractivity contribution in [2.45, 2.75) is 16.1 Å². The molecule has 0 atom stereocenters. The number of carbonyl (C=O) groups is 1. The maximum absolute atomic E-state index is 11.1. The van der Waals surface area contributed by atoms with E-state index in [9.17, 15) is 4.79 Å². The van der Waals surface area contributed by atoms with Crippen molar-refractivity contribution in [2.75, 3.05) is 20.1 Å². The van der Waals surface area contributed by atoms with Crippen molar-refractivity contribution < 1.29 is 4.79 Å². The van der Waals surface area contributed by atoms with E-state index < -0.39 is 3.23 Å². The normalized spacial score (nSPS) is 21.8. The third kappa shape index (κ3) is 2.67. The highest BCUT2D eigenvalue weighted by atomic mass is 79.9. The highest BCUT2D eigenvalue weighted by Crippen LogP contribution is 2.40. The van der Waals surface area contributed by atoms with E-state index in [1.807, 2.05) is 0 Å². The predicted octanol–water partition coefficient (Wildman–Crippen LogP) is 1.30. The number of alkyl halides is 2. The number of hydrogen-bond donors (Lipinski definition) is 1. The largest absolute Gasteiger partial charge is 0.368 e. The molecule has 0 bridgehead atoms. The maximum atomic E-state index is 11.1. The highest BCUT2D eigenvalue weighted by molar-refractivity contribution is 9.25. The van der Waals surface area contributed by atoms with Crippen LogP contribution in [0.2, 0.25) is 0 Å². The Hall–Kier alpha value is 0.390. The molecule has 2 N–H and O–H groups in total. The minimum atomic E-state index is -0.707. The Balaban J connectivity index is 2.58. The molecule has 1 rings (SSSR count). The van der Waals surface area contributed by atoms with Crippen LogP contribution in [0.5, 0.6) is 0 Å². The maximum Gasteiger partial charge on any atom is 0.245 e. The van der Waals surface area contributed by atoms with Crippen LogP contribution in [0.4, 0.5) is 0 Å². The van der Waals surface area contributed by atoms with E-state index in [0.29, 0.717) is 5.92 Å². The zero-order valence-corrected chi connectivity index (χ0v) is 10.8. The summed E-state index contributed by atoms with van der Waals surface area (Å²) in [5.41, 5.74) is 5.29. The Labute approximate surface area is 95.3 Å². The van der Waals surface area contributed by atoms with Crippen LogP contribution in [0, 0.1) is 5.92 Å². The number of piperidine rings is 1. The molecule has 1 heterocycles. The van der Waals surface area contributed by atoms with Gasteiger partial charge in [-0.3, -0.25) is 4.79 Å². The van der Waals surface area contributed by atoms with Gasteiger partial charge in [0.1, 0.15) is 0 Å². The van der Waals surface area contributed by atoms with E-state index in [1.165, 1.54) is 0 Å². The van der Waals surface area contributed by atoms with Crippen molar-refractivity contribution in [2.24, 2.45) is 11.7 Å².